The van der Waals surface area contributed by atoms with Gasteiger partial charge in [-0.05, 0) is 42.5 Å². The molecule has 0 aliphatic heterocycles. The Bertz CT molecular complexity index is 945. The van der Waals surface area contributed by atoms with Crippen LogP contribution in [-0.2, 0) is 6.42 Å². The topological polar surface area (TPSA) is 69.0 Å². The number of aromatic nitrogens is 3. The molecular formula is C20H22N4O2S. The zero-order valence-corrected chi connectivity index (χ0v) is 16.4. The van der Waals surface area contributed by atoms with Crippen LogP contribution >= 0.6 is 11.3 Å². The van der Waals surface area contributed by atoms with Crippen molar-refractivity contribution < 1.29 is 9.53 Å². The van der Waals surface area contributed by atoms with Crippen LogP contribution in [0.2, 0.25) is 0 Å². The third-order valence-electron chi connectivity index (χ3n) is 4.97. The van der Waals surface area contributed by atoms with Crippen molar-refractivity contribution in [2.24, 2.45) is 5.41 Å². The fraction of sp³-hybridized carbons (Fsp3) is 0.350. The summed E-state index contributed by atoms with van der Waals surface area (Å²) in [6.07, 6.45) is 3.64. The molecule has 1 atom stereocenters. The van der Waals surface area contributed by atoms with Crippen LogP contribution in [0.15, 0.2) is 41.4 Å². The van der Waals surface area contributed by atoms with Crippen molar-refractivity contribution >= 4 is 17.2 Å². The molecule has 0 saturated heterocycles. The number of carbonyl (C=O) groups is 1. The van der Waals surface area contributed by atoms with Gasteiger partial charge in [0.05, 0.1) is 36.2 Å². The monoisotopic (exact) mass is 382 g/mol. The molecule has 1 aliphatic carbocycles. The molecule has 2 heterocycles. The fourth-order valence-electron chi connectivity index (χ4n) is 3.67. The first kappa shape index (κ1) is 17.7. The molecule has 140 valence electrons. The second-order valence-electron chi connectivity index (χ2n) is 7.60. The highest BCUT2D eigenvalue weighted by Gasteiger charge is 2.36. The van der Waals surface area contributed by atoms with Crippen molar-refractivity contribution in [3.05, 3.63) is 58.3 Å². The molecule has 6 nitrogen and oxygen atoms in total. The summed E-state index contributed by atoms with van der Waals surface area (Å²) in [6.45, 7) is 4.45. The Hall–Kier alpha value is -2.67. The van der Waals surface area contributed by atoms with E-state index in [1.54, 1.807) is 18.0 Å². The van der Waals surface area contributed by atoms with Gasteiger partial charge in [0.2, 0.25) is 0 Å². The molecule has 7 heteroatoms. The zero-order chi connectivity index (χ0) is 19.0. The Kier molecular flexibility index (Phi) is 4.47. The van der Waals surface area contributed by atoms with Crippen LogP contribution in [0.4, 0.5) is 0 Å². The van der Waals surface area contributed by atoms with E-state index in [1.807, 2.05) is 35.1 Å². The lowest BCUT2D eigenvalue weighted by atomic mass is 9.74. The summed E-state index contributed by atoms with van der Waals surface area (Å²) in [4.78, 5) is 16.7. The number of amides is 1. The van der Waals surface area contributed by atoms with Gasteiger partial charge in [-0.1, -0.05) is 13.8 Å². The lowest BCUT2D eigenvalue weighted by molar-refractivity contribution is 0.0915. The van der Waals surface area contributed by atoms with E-state index in [1.165, 1.54) is 11.3 Å². The third kappa shape index (κ3) is 3.47. The number of hydrogen-bond donors (Lipinski definition) is 1. The molecule has 1 aromatic carbocycles. The number of nitrogens with one attached hydrogen (secondary N) is 1. The van der Waals surface area contributed by atoms with Gasteiger partial charge in [-0.2, -0.15) is 5.10 Å². The highest BCUT2D eigenvalue weighted by Crippen LogP contribution is 2.41. The van der Waals surface area contributed by atoms with Gasteiger partial charge < -0.3 is 10.1 Å². The molecule has 0 radical (unpaired) electrons. The van der Waals surface area contributed by atoms with Gasteiger partial charge in [0, 0.05) is 10.9 Å². The van der Waals surface area contributed by atoms with Crippen molar-refractivity contribution in [2.75, 3.05) is 7.11 Å². The van der Waals surface area contributed by atoms with Gasteiger partial charge in [0.15, 0.2) is 0 Å². The van der Waals surface area contributed by atoms with Gasteiger partial charge in [0.1, 0.15) is 11.4 Å². The molecule has 0 spiro atoms. The molecule has 0 unspecified atom stereocenters. The summed E-state index contributed by atoms with van der Waals surface area (Å²) in [5, 5.41) is 9.54. The van der Waals surface area contributed by atoms with E-state index in [0.29, 0.717) is 5.69 Å². The van der Waals surface area contributed by atoms with E-state index < -0.39 is 0 Å². The molecule has 27 heavy (non-hydrogen) atoms. The Labute approximate surface area is 162 Å². The summed E-state index contributed by atoms with van der Waals surface area (Å²) in [5.74, 6) is 0.676. The van der Waals surface area contributed by atoms with E-state index in [4.69, 9.17) is 4.74 Å². The molecule has 4 rings (SSSR count). The summed E-state index contributed by atoms with van der Waals surface area (Å²) < 4.78 is 7.22. The molecule has 0 saturated carbocycles. The minimum absolute atomic E-state index is 0.0529. The number of methoxy groups -OCH3 is 1. The quantitative estimate of drug-likeness (QED) is 0.746. The van der Waals surface area contributed by atoms with Crippen LogP contribution in [-0.4, -0.2) is 27.8 Å². The molecule has 1 aliphatic rings. The molecule has 1 amide bonds. The lowest BCUT2D eigenvalue weighted by Gasteiger charge is -2.35. The lowest BCUT2D eigenvalue weighted by Crippen LogP contribution is -2.36. The first-order valence-corrected chi connectivity index (χ1v) is 9.81. The highest BCUT2D eigenvalue weighted by atomic mass is 32.1. The summed E-state index contributed by atoms with van der Waals surface area (Å²) in [6, 6.07) is 7.77. The second kappa shape index (κ2) is 6.81. The Morgan fingerprint density at radius 3 is 2.78 bits per heavy atom. The van der Waals surface area contributed by atoms with Crippen LogP contribution < -0.4 is 10.1 Å². The number of nitrogens with zero attached hydrogens (tertiary/aromatic N) is 3. The fourth-order valence-corrected chi connectivity index (χ4v) is 4.21. The number of hydrogen-bond acceptors (Lipinski definition) is 5. The Morgan fingerprint density at radius 2 is 2.11 bits per heavy atom. The Morgan fingerprint density at radius 1 is 1.33 bits per heavy atom. The average molecular weight is 382 g/mol. The van der Waals surface area contributed by atoms with Crippen molar-refractivity contribution in [1.82, 2.24) is 20.1 Å². The normalized spacial score (nSPS) is 18.0. The average Bonchev–Trinajstić information content (AvgIpc) is 3.31. The SMILES string of the molecule is COc1ccc(-n2ncc3c2CC(C)(C)C[C@@H]3NC(=O)c2cscn2)cc1. The molecule has 0 bridgehead atoms. The predicted molar refractivity (Wildman–Crippen MR) is 105 cm³/mol. The van der Waals surface area contributed by atoms with E-state index >= 15 is 0 Å². The minimum atomic E-state index is -0.137. The number of carbonyl (C=O) groups excluding carboxylic acids is 1. The van der Waals surface area contributed by atoms with Crippen molar-refractivity contribution in [1.29, 1.82) is 0 Å². The number of fused-ring (bicyclic) bond motifs is 1. The maximum atomic E-state index is 12.5. The van der Waals surface area contributed by atoms with Gasteiger partial charge in [0.25, 0.3) is 5.91 Å². The standard InChI is InChI=1S/C20H22N4O2S/c1-20(2)8-16(23-19(25)17-11-27-12-21-17)15-10-22-24(18(15)9-20)13-4-6-14(26-3)7-5-13/h4-7,10-12,16H,8-9H2,1-3H3,(H,23,25)/t16-/m0/s1. The van der Waals surface area contributed by atoms with Gasteiger partial charge in [-0.15, -0.1) is 11.3 Å². The first-order valence-electron chi connectivity index (χ1n) is 8.87. The number of benzene rings is 1. The van der Waals surface area contributed by atoms with Crippen molar-refractivity contribution in [3.63, 3.8) is 0 Å². The summed E-state index contributed by atoms with van der Waals surface area (Å²) >= 11 is 1.42. The number of ether oxygens (including phenoxy) is 1. The Balaban J connectivity index is 1.67. The van der Waals surface area contributed by atoms with Crippen LogP contribution in [0, 0.1) is 5.41 Å². The van der Waals surface area contributed by atoms with Crippen LogP contribution in [0.1, 0.15) is 48.1 Å². The number of thiazole rings is 1. The maximum absolute atomic E-state index is 12.5. The number of rotatable bonds is 4. The summed E-state index contributed by atoms with van der Waals surface area (Å²) in [7, 11) is 1.66. The predicted octanol–water partition coefficient (Wildman–Crippen LogP) is 3.78. The largest absolute Gasteiger partial charge is 0.497 e. The molecule has 3 aromatic rings. The molecule has 1 N–H and O–H groups in total. The van der Waals surface area contributed by atoms with Crippen molar-refractivity contribution in [3.8, 4) is 11.4 Å². The minimum Gasteiger partial charge on any atom is -0.497 e. The molecule has 0 fully saturated rings. The van der Waals surface area contributed by atoms with Gasteiger partial charge >= 0.3 is 0 Å². The first-order chi connectivity index (χ1) is 13.0. The van der Waals surface area contributed by atoms with Crippen LogP contribution in [0.5, 0.6) is 5.75 Å². The van der Waals surface area contributed by atoms with Gasteiger partial charge in [-0.3, -0.25) is 4.79 Å². The van der Waals surface area contributed by atoms with E-state index in [-0.39, 0.29) is 17.4 Å². The smallest absolute Gasteiger partial charge is 0.271 e. The third-order valence-corrected chi connectivity index (χ3v) is 5.55. The highest BCUT2D eigenvalue weighted by molar-refractivity contribution is 7.07. The zero-order valence-electron chi connectivity index (χ0n) is 15.6. The van der Waals surface area contributed by atoms with E-state index in [0.717, 1.165) is 35.5 Å². The second-order valence-corrected chi connectivity index (χ2v) is 8.32. The van der Waals surface area contributed by atoms with Crippen molar-refractivity contribution in [2.45, 2.75) is 32.7 Å². The maximum Gasteiger partial charge on any atom is 0.271 e. The van der Waals surface area contributed by atoms with Crippen LogP contribution in [0.3, 0.4) is 0 Å². The molecule has 2 aromatic heterocycles. The van der Waals surface area contributed by atoms with E-state index in [9.17, 15) is 4.79 Å². The van der Waals surface area contributed by atoms with E-state index in [2.05, 4.69) is 29.2 Å². The summed E-state index contributed by atoms with van der Waals surface area (Å²) in [5.41, 5.74) is 5.39. The molecular weight excluding hydrogens is 360 g/mol. The van der Waals surface area contributed by atoms with Gasteiger partial charge in [-0.25, -0.2) is 9.67 Å². The van der Waals surface area contributed by atoms with Crippen LogP contribution in [0.25, 0.3) is 5.69 Å².